The Balaban J connectivity index is 2.03. The van der Waals surface area contributed by atoms with Gasteiger partial charge in [0.25, 0.3) is 0 Å². The molecule has 1 saturated heterocycles. The summed E-state index contributed by atoms with van der Waals surface area (Å²) in [6.45, 7) is 2.19. The molecule has 0 amide bonds. The van der Waals surface area contributed by atoms with E-state index in [2.05, 4.69) is 20.6 Å². The van der Waals surface area contributed by atoms with Gasteiger partial charge in [0.05, 0.1) is 18.0 Å². The van der Waals surface area contributed by atoms with Gasteiger partial charge < -0.3 is 10.6 Å². The van der Waals surface area contributed by atoms with Crippen LogP contribution in [0.2, 0.25) is 0 Å². The standard InChI is InChI=1S/C14H23N5O2S/c1-15-13-10-6-7-16-9-11(10)17-14(18-13)12-5-3-4-8-19(12)22(2,20)21/h12,16H,3-9H2,1-2H3,(H,15,17,18)/t12-/m1/s1. The lowest BCUT2D eigenvalue weighted by Gasteiger charge is -2.33. The van der Waals surface area contributed by atoms with Gasteiger partial charge in [-0.05, 0) is 25.8 Å². The van der Waals surface area contributed by atoms with Gasteiger partial charge in [0.15, 0.2) is 0 Å². The summed E-state index contributed by atoms with van der Waals surface area (Å²) in [6.07, 6.45) is 4.85. The molecule has 1 atom stereocenters. The summed E-state index contributed by atoms with van der Waals surface area (Å²) < 4.78 is 25.7. The fourth-order valence-electron chi connectivity index (χ4n) is 3.29. The summed E-state index contributed by atoms with van der Waals surface area (Å²) in [4.78, 5) is 9.33. The van der Waals surface area contributed by atoms with E-state index in [0.29, 0.717) is 18.9 Å². The van der Waals surface area contributed by atoms with Gasteiger partial charge in [0.2, 0.25) is 10.0 Å². The van der Waals surface area contributed by atoms with Crippen LogP contribution in [0.15, 0.2) is 0 Å². The van der Waals surface area contributed by atoms with E-state index in [1.54, 1.807) is 4.31 Å². The number of aromatic nitrogens is 2. The molecule has 3 rings (SSSR count). The first-order valence-corrected chi connectivity index (χ1v) is 9.60. The zero-order chi connectivity index (χ0) is 15.7. The van der Waals surface area contributed by atoms with Crippen LogP contribution < -0.4 is 10.6 Å². The maximum atomic E-state index is 12.1. The van der Waals surface area contributed by atoms with Crippen LogP contribution in [0.1, 0.15) is 42.4 Å². The fraction of sp³-hybridized carbons (Fsp3) is 0.714. The highest BCUT2D eigenvalue weighted by Gasteiger charge is 2.33. The molecule has 2 aliphatic heterocycles. The summed E-state index contributed by atoms with van der Waals surface area (Å²) >= 11 is 0. The molecule has 22 heavy (non-hydrogen) atoms. The predicted molar refractivity (Wildman–Crippen MR) is 85.1 cm³/mol. The van der Waals surface area contributed by atoms with Gasteiger partial charge >= 0.3 is 0 Å². The van der Waals surface area contributed by atoms with Crippen molar-refractivity contribution in [2.75, 3.05) is 31.7 Å². The Bertz CT molecular complexity index is 644. The Morgan fingerprint density at radius 3 is 2.86 bits per heavy atom. The molecule has 0 saturated carbocycles. The second kappa shape index (κ2) is 6.10. The Labute approximate surface area is 131 Å². The van der Waals surface area contributed by atoms with E-state index < -0.39 is 10.0 Å². The van der Waals surface area contributed by atoms with Crippen LogP contribution in [0.3, 0.4) is 0 Å². The van der Waals surface area contributed by atoms with Crippen molar-refractivity contribution in [3.05, 3.63) is 17.1 Å². The molecular weight excluding hydrogens is 302 g/mol. The number of piperidine rings is 1. The Morgan fingerprint density at radius 1 is 1.32 bits per heavy atom. The van der Waals surface area contributed by atoms with Crippen LogP contribution in [0.5, 0.6) is 0 Å². The van der Waals surface area contributed by atoms with E-state index in [9.17, 15) is 8.42 Å². The molecular formula is C14H23N5O2S. The van der Waals surface area contributed by atoms with Crippen LogP contribution >= 0.6 is 0 Å². The van der Waals surface area contributed by atoms with Gasteiger partial charge in [-0.2, -0.15) is 4.31 Å². The summed E-state index contributed by atoms with van der Waals surface area (Å²) in [5.74, 6) is 1.46. The highest BCUT2D eigenvalue weighted by molar-refractivity contribution is 7.88. The minimum absolute atomic E-state index is 0.247. The highest BCUT2D eigenvalue weighted by atomic mass is 32.2. The van der Waals surface area contributed by atoms with Crippen molar-refractivity contribution in [1.29, 1.82) is 0 Å². The van der Waals surface area contributed by atoms with Crippen molar-refractivity contribution in [2.45, 2.75) is 38.3 Å². The Morgan fingerprint density at radius 2 is 2.14 bits per heavy atom. The van der Waals surface area contributed by atoms with Crippen molar-refractivity contribution in [2.24, 2.45) is 0 Å². The fourth-order valence-corrected chi connectivity index (χ4v) is 4.42. The van der Waals surface area contributed by atoms with Crippen molar-refractivity contribution in [1.82, 2.24) is 19.6 Å². The minimum Gasteiger partial charge on any atom is -0.373 e. The zero-order valence-electron chi connectivity index (χ0n) is 13.1. The van der Waals surface area contributed by atoms with Gasteiger partial charge in [-0.1, -0.05) is 6.42 Å². The van der Waals surface area contributed by atoms with Crippen molar-refractivity contribution < 1.29 is 8.42 Å². The molecule has 0 bridgehead atoms. The van der Waals surface area contributed by atoms with Gasteiger partial charge in [0.1, 0.15) is 11.6 Å². The van der Waals surface area contributed by atoms with Gasteiger partial charge in [-0.15, -0.1) is 0 Å². The van der Waals surface area contributed by atoms with Crippen LogP contribution in [0.25, 0.3) is 0 Å². The van der Waals surface area contributed by atoms with E-state index in [1.165, 1.54) is 6.26 Å². The molecule has 8 heteroatoms. The average molecular weight is 325 g/mol. The third-order valence-corrected chi connectivity index (χ3v) is 5.66. The smallest absolute Gasteiger partial charge is 0.211 e. The Hall–Kier alpha value is -1.25. The first kappa shape index (κ1) is 15.6. The molecule has 0 spiro atoms. The van der Waals surface area contributed by atoms with Gasteiger partial charge in [-0.3, -0.25) is 0 Å². The van der Waals surface area contributed by atoms with Gasteiger partial charge in [0, 0.05) is 25.7 Å². The first-order chi connectivity index (χ1) is 10.5. The van der Waals surface area contributed by atoms with E-state index >= 15 is 0 Å². The molecule has 122 valence electrons. The number of rotatable bonds is 3. The maximum absolute atomic E-state index is 12.1. The number of fused-ring (bicyclic) bond motifs is 1. The normalized spacial score (nSPS) is 23.1. The predicted octanol–water partition coefficient (Wildman–Crippen LogP) is 0.651. The Kier molecular flexibility index (Phi) is 4.33. The monoisotopic (exact) mass is 325 g/mol. The maximum Gasteiger partial charge on any atom is 0.211 e. The van der Waals surface area contributed by atoms with Crippen molar-refractivity contribution in [3.63, 3.8) is 0 Å². The molecule has 1 aromatic rings. The zero-order valence-corrected chi connectivity index (χ0v) is 13.9. The second-order valence-corrected chi connectivity index (χ2v) is 7.85. The number of anilines is 1. The average Bonchev–Trinajstić information content (AvgIpc) is 2.53. The lowest BCUT2D eigenvalue weighted by atomic mass is 10.0. The lowest BCUT2D eigenvalue weighted by Crippen LogP contribution is -2.39. The molecule has 2 N–H and O–H groups in total. The van der Waals surface area contributed by atoms with Crippen molar-refractivity contribution in [3.8, 4) is 0 Å². The molecule has 0 radical (unpaired) electrons. The van der Waals surface area contributed by atoms with Gasteiger partial charge in [-0.25, -0.2) is 18.4 Å². The van der Waals surface area contributed by atoms with E-state index in [0.717, 1.165) is 49.3 Å². The molecule has 1 aromatic heterocycles. The summed E-state index contributed by atoms with van der Waals surface area (Å²) in [7, 11) is -1.40. The molecule has 3 heterocycles. The highest BCUT2D eigenvalue weighted by Crippen LogP contribution is 2.32. The lowest BCUT2D eigenvalue weighted by molar-refractivity contribution is 0.247. The number of nitrogens with one attached hydrogen (secondary N) is 2. The van der Waals surface area contributed by atoms with Crippen molar-refractivity contribution >= 4 is 15.8 Å². The third-order valence-electron chi connectivity index (χ3n) is 4.37. The quantitative estimate of drug-likeness (QED) is 0.848. The van der Waals surface area contributed by atoms with Crippen LogP contribution in [0, 0.1) is 0 Å². The molecule has 7 nitrogen and oxygen atoms in total. The molecule has 0 aliphatic carbocycles. The third kappa shape index (κ3) is 2.95. The largest absolute Gasteiger partial charge is 0.373 e. The van der Waals surface area contributed by atoms with E-state index in [1.807, 2.05) is 7.05 Å². The summed E-state index contributed by atoms with van der Waals surface area (Å²) in [5, 5.41) is 6.46. The minimum atomic E-state index is -3.25. The molecule has 1 fully saturated rings. The van der Waals surface area contributed by atoms with E-state index in [4.69, 9.17) is 0 Å². The molecule has 0 unspecified atom stereocenters. The molecule has 2 aliphatic rings. The molecule has 0 aromatic carbocycles. The second-order valence-electron chi connectivity index (χ2n) is 5.92. The summed E-state index contributed by atoms with van der Waals surface area (Å²) in [6, 6.07) is -0.247. The van der Waals surface area contributed by atoms with Crippen LogP contribution in [0.4, 0.5) is 5.82 Å². The van der Waals surface area contributed by atoms with Crippen LogP contribution in [-0.2, 0) is 23.0 Å². The number of hydrogen-bond donors (Lipinski definition) is 2. The topological polar surface area (TPSA) is 87.2 Å². The van der Waals surface area contributed by atoms with E-state index in [-0.39, 0.29) is 6.04 Å². The first-order valence-electron chi connectivity index (χ1n) is 7.75. The number of hydrogen-bond acceptors (Lipinski definition) is 6. The number of nitrogens with zero attached hydrogens (tertiary/aromatic N) is 3. The number of sulfonamides is 1. The van der Waals surface area contributed by atoms with Crippen LogP contribution in [-0.4, -0.2) is 49.1 Å². The SMILES string of the molecule is CNc1nc([C@H]2CCCCN2S(C)(=O)=O)nc2c1CCNC2. The summed E-state index contributed by atoms with van der Waals surface area (Å²) in [5.41, 5.74) is 2.13.